The van der Waals surface area contributed by atoms with Crippen LogP contribution < -0.4 is 15.0 Å². The van der Waals surface area contributed by atoms with Gasteiger partial charge in [0, 0.05) is 20.3 Å². The summed E-state index contributed by atoms with van der Waals surface area (Å²) >= 11 is 0. The Labute approximate surface area is 114 Å². The Bertz CT molecular complexity index is 446. The van der Waals surface area contributed by atoms with E-state index in [2.05, 4.69) is 10.3 Å². The van der Waals surface area contributed by atoms with Crippen LogP contribution >= 0.6 is 0 Å². The second-order valence-corrected chi connectivity index (χ2v) is 4.70. The summed E-state index contributed by atoms with van der Waals surface area (Å²) in [6.07, 6.45) is 7.87. The third-order valence-corrected chi connectivity index (χ3v) is 3.10. The number of hydrogen-bond acceptors (Lipinski definition) is 5. The van der Waals surface area contributed by atoms with Crippen molar-refractivity contribution >= 4 is 11.4 Å². The van der Waals surface area contributed by atoms with Crippen LogP contribution in [0.15, 0.2) is 24.6 Å². The van der Waals surface area contributed by atoms with Gasteiger partial charge in [0.2, 0.25) is 5.88 Å². The van der Waals surface area contributed by atoms with Gasteiger partial charge in [0.1, 0.15) is 11.8 Å². The van der Waals surface area contributed by atoms with Gasteiger partial charge >= 0.3 is 0 Å². The van der Waals surface area contributed by atoms with Crippen LogP contribution in [0.1, 0.15) is 12.8 Å². The molecule has 1 aromatic heterocycles. The average molecular weight is 263 g/mol. The molecule has 1 aliphatic heterocycles. The summed E-state index contributed by atoms with van der Waals surface area (Å²) in [6, 6.07) is 1.96. The van der Waals surface area contributed by atoms with E-state index in [4.69, 9.17) is 9.47 Å². The number of aromatic nitrogens is 1. The molecule has 104 valence electrons. The summed E-state index contributed by atoms with van der Waals surface area (Å²) in [6.45, 7) is 0.743. The molecule has 2 rings (SSSR count). The Morgan fingerprint density at radius 3 is 3.00 bits per heavy atom. The largest absolute Gasteiger partial charge is 0.497 e. The summed E-state index contributed by atoms with van der Waals surface area (Å²) in [7, 11) is 5.63. The molecule has 0 bridgehead atoms. The molecule has 19 heavy (non-hydrogen) atoms. The highest BCUT2D eigenvalue weighted by Gasteiger charge is 2.15. The van der Waals surface area contributed by atoms with Crippen LogP contribution in [-0.4, -0.2) is 38.8 Å². The van der Waals surface area contributed by atoms with E-state index in [0.717, 1.165) is 30.8 Å². The normalized spacial score (nSPS) is 17.7. The van der Waals surface area contributed by atoms with Crippen molar-refractivity contribution in [3.05, 3.63) is 24.6 Å². The van der Waals surface area contributed by atoms with Gasteiger partial charge in [-0.1, -0.05) is 0 Å². The summed E-state index contributed by atoms with van der Waals surface area (Å²) in [5.41, 5.74) is 1.96. The van der Waals surface area contributed by atoms with E-state index in [1.165, 1.54) is 0 Å². The van der Waals surface area contributed by atoms with E-state index in [-0.39, 0.29) is 6.10 Å². The van der Waals surface area contributed by atoms with Gasteiger partial charge in [-0.15, -0.1) is 0 Å². The first-order valence-electron chi connectivity index (χ1n) is 6.47. The molecule has 1 N–H and O–H groups in total. The van der Waals surface area contributed by atoms with Gasteiger partial charge in [-0.2, -0.15) is 0 Å². The first kappa shape index (κ1) is 13.5. The quantitative estimate of drug-likeness (QED) is 0.883. The predicted octanol–water partition coefficient (Wildman–Crippen LogP) is 2.26. The maximum Gasteiger partial charge on any atom is 0.239 e. The molecule has 2 heterocycles. The Hall–Kier alpha value is -1.91. The zero-order valence-electron chi connectivity index (χ0n) is 11.7. The molecule has 1 unspecified atom stereocenters. The minimum Gasteiger partial charge on any atom is -0.497 e. The number of allylic oxidation sites excluding steroid dienone is 1. The number of rotatable bonds is 5. The van der Waals surface area contributed by atoms with E-state index in [9.17, 15) is 0 Å². The van der Waals surface area contributed by atoms with Crippen LogP contribution in [0, 0.1) is 0 Å². The SMILES string of the molecule is COc1nccc(N(C)C)c1NCC1CCC=CO1. The van der Waals surface area contributed by atoms with Gasteiger partial charge < -0.3 is 19.7 Å². The maximum atomic E-state index is 5.56. The lowest BCUT2D eigenvalue weighted by Crippen LogP contribution is -2.24. The number of ether oxygens (including phenoxy) is 2. The number of anilines is 2. The van der Waals surface area contributed by atoms with Gasteiger partial charge in [0.05, 0.1) is 25.6 Å². The molecule has 0 fully saturated rings. The second kappa shape index (κ2) is 6.31. The fourth-order valence-electron chi connectivity index (χ4n) is 2.08. The van der Waals surface area contributed by atoms with Crippen LogP contribution in [0.25, 0.3) is 0 Å². The van der Waals surface area contributed by atoms with Gasteiger partial charge in [-0.25, -0.2) is 4.98 Å². The number of nitrogens with zero attached hydrogens (tertiary/aromatic N) is 2. The van der Waals surface area contributed by atoms with Gasteiger partial charge in [0.25, 0.3) is 0 Å². The van der Waals surface area contributed by atoms with E-state index in [1.54, 1.807) is 19.6 Å². The van der Waals surface area contributed by atoms with E-state index in [0.29, 0.717) is 5.88 Å². The molecule has 0 aromatic carbocycles. The molecule has 0 radical (unpaired) electrons. The maximum absolute atomic E-state index is 5.56. The lowest BCUT2D eigenvalue weighted by Gasteiger charge is -2.23. The smallest absolute Gasteiger partial charge is 0.239 e. The molecular weight excluding hydrogens is 242 g/mol. The highest BCUT2D eigenvalue weighted by atomic mass is 16.5. The molecule has 0 amide bonds. The van der Waals surface area contributed by atoms with Gasteiger partial charge in [-0.05, 0) is 25.0 Å². The van der Waals surface area contributed by atoms with Crippen molar-refractivity contribution in [2.45, 2.75) is 18.9 Å². The Balaban J connectivity index is 2.11. The molecule has 0 saturated heterocycles. The van der Waals surface area contributed by atoms with Crippen molar-refractivity contribution in [3.8, 4) is 5.88 Å². The van der Waals surface area contributed by atoms with Crippen LogP contribution in [-0.2, 0) is 4.74 Å². The van der Waals surface area contributed by atoms with Crippen LogP contribution in [0.2, 0.25) is 0 Å². The molecule has 5 nitrogen and oxygen atoms in total. The van der Waals surface area contributed by atoms with Gasteiger partial charge in [0.15, 0.2) is 0 Å². The third kappa shape index (κ3) is 3.30. The Morgan fingerprint density at radius 2 is 2.37 bits per heavy atom. The number of pyridine rings is 1. The molecule has 5 heteroatoms. The Kier molecular flexibility index (Phi) is 4.49. The van der Waals surface area contributed by atoms with Crippen LogP contribution in [0.3, 0.4) is 0 Å². The standard InChI is InChI=1S/C14H21N3O2/c1-17(2)12-7-8-15-14(18-3)13(12)16-10-11-6-4-5-9-19-11/h5,7-9,11,16H,4,6,10H2,1-3H3. The van der Waals surface area contributed by atoms with Crippen molar-refractivity contribution in [2.24, 2.45) is 0 Å². The molecule has 0 spiro atoms. The highest BCUT2D eigenvalue weighted by Crippen LogP contribution is 2.32. The fraction of sp³-hybridized carbons (Fsp3) is 0.500. The van der Waals surface area contributed by atoms with E-state index < -0.39 is 0 Å². The van der Waals surface area contributed by atoms with Crippen molar-refractivity contribution in [1.82, 2.24) is 4.98 Å². The molecular formula is C14H21N3O2. The Morgan fingerprint density at radius 1 is 1.53 bits per heavy atom. The minimum absolute atomic E-state index is 0.199. The zero-order valence-corrected chi connectivity index (χ0v) is 11.7. The lowest BCUT2D eigenvalue weighted by atomic mass is 10.1. The highest BCUT2D eigenvalue weighted by molar-refractivity contribution is 5.74. The van der Waals surface area contributed by atoms with E-state index in [1.807, 2.05) is 31.1 Å². The molecule has 1 aliphatic rings. The topological polar surface area (TPSA) is 46.6 Å². The molecule has 0 aliphatic carbocycles. The van der Waals surface area contributed by atoms with Crippen molar-refractivity contribution in [1.29, 1.82) is 0 Å². The predicted molar refractivity (Wildman–Crippen MR) is 76.9 cm³/mol. The fourth-order valence-corrected chi connectivity index (χ4v) is 2.08. The lowest BCUT2D eigenvalue weighted by molar-refractivity contribution is 0.135. The first-order valence-corrected chi connectivity index (χ1v) is 6.47. The molecule has 0 saturated carbocycles. The number of hydrogen-bond donors (Lipinski definition) is 1. The summed E-state index contributed by atoms with van der Waals surface area (Å²) in [4.78, 5) is 6.27. The summed E-state index contributed by atoms with van der Waals surface area (Å²) in [5, 5.41) is 3.40. The van der Waals surface area contributed by atoms with Crippen LogP contribution in [0.4, 0.5) is 11.4 Å². The van der Waals surface area contributed by atoms with Gasteiger partial charge in [-0.3, -0.25) is 0 Å². The third-order valence-electron chi connectivity index (χ3n) is 3.10. The monoisotopic (exact) mass is 263 g/mol. The van der Waals surface area contributed by atoms with Crippen molar-refractivity contribution < 1.29 is 9.47 Å². The second-order valence-electron chi connectivity index (χ2n) is 4.70. The van der Waals surface area contributed by atoms with Crippen molar-refractivity contribution in [2.75, 3.05) is 38.0 Å². The summed E-state index contributed by atoms with van der Waals surface area (Å²) < 4.78 is 10.9. The number of methoxy groups -OCH3 is 1. The molecule has 1 aromatic rings. The zero-order chi connectivity index (χ0) is 13.7. The minimum atomic E-state index is 0.199. The summed E-state index contributed by atoms with van der Waals surface area (Å²) in [5.74, 6) is 0.609. The van der Waals surface area contributed by atoms with Crippen molar-refractivity contribution in [3.63, 3.8) is 0 Å². The molecule has 1 atom stereocenters. The first-order chi connectivity index (χ1) is 9.22. The van der Waals surface area contributed by atoms with Crippen LogP contribution in [0.5, 0.6) is 5.88 Å². The average Bonchev–Trinajstić information content (AvgIpc) is 2.45. The number of nitrogens with one attached hydrogen (secondary N) is 1. The van der Waals surface area contributed by atoms with E-state index >= 15 is 0 Å².